The molecule has 3 aromatic rings. The van der Waals surface area contributed by atoms with Crippen molar-refractivity contribution >= 4 is 16.8 Å². The lowest BCUT2D eigenvalue weighted by Crippen LogP contribution is -1.84. The number of fused-ring (bicyclic) bond motifs is 1. The molecule has 0 aliphatic carbocycles. The lowest BCUT2D eigenvalue weighted by atomic mass is 10.2. The maximum absolute atomic E-state index is 5.71. The Morgan fingerprint density at radius 1 is 1.19 bits per heavy atom. The SMILES string of the molecule is Nc1cccc(-c2nc3ccncc3o2)c1. The molecule has 4 heteroatoms. The first-order valence-corrected chi connectivity index (χ1v) is 4.89. The van der Waals surface area contributed by atoms with Crippen molar-refractivity contribution in [3.63, 3.8) is 0 Å². The number of hydrogen-bond acceptors (Lipinski definition) is 4. The van der Waals surface area contributed by atoms with Crippen molar-refractivity contribution in [2.75, 3.05) is 5.73 Å². The van der Waals surface area contributed by atoms with Gasteiger partial charge >= 0.3 is 0 Å². The van der Waals surface area contributed by atoms with Crippen molar-refractivity contribution in [1.82, 2.24) is 9.97 Å². The maximum Gasteiger partial charge on any atom is 0.227 e. The van der Waals surface area contributed by atoms with Crippen LogP contribution in [0.5, 0.6) is 0 Å². The van der Waals surface area contributed by atoms with E-state index >= 15 is 0 Å². The molecule has 1 aromatic carbocycles. The van der Waals surface area contributed by atoms with Gasteiger partial charge in [0.15, 0.2) is 5.58 Å². The molecule has 3 rings (SSSR count). The fourth-order valence-corrected chi connectivity index (χ4v) is 1.58. The summed E-state index contributed by atoms with van der Waals surface area (Å²) in [5.41, 5.74) is 8.75. The van der Waals surface area contributed by atoms with Gasteiger partial charge in [-0.3, -0.25) is 4.98 Å². The molecule has 0 spiro atoms. The molecule has 0 saturated carbocycles. The number of nitrogens with two attached hydrogens (primary N) is 1. The molecular formula is C12H9N3O. The Labute approximate surface area is 91.7 Å². The molecule has 2 heterocycles. The standard InChI is InChI=1S/C12H9N3O/c13-9-3-1-2-8(6-9)12-15-10-4-5-14-7-11(10)16-12/h1-7H,13H2. The number of benzene rings is 1. The predicted molar refractivity (Wildman–Crippen MR) is 61.7 cm³/mol. The molecule has 0 atom stereocenters. The molecule has 0 saturated heterocycles. The Morgan fingerprint density at radius 2 is 2.12 bits per heavy atom. The zero-order chi connectivity index (χ0) is 11.0. The number of hydrogen-bond donors (Lipinski definition) is 1. The third-order valence-electron chi connectivity index (χ3n) is 2.32. The molecule has 0 bridgehead atoms. The summed E-state index contributed by atoms with van der Waals surface area (Å²) in [6, 6.07) is 9.26. The number of oxazole rings is 1. The minimum atomic E-state index is 0.565. The van der Waals surface area contributed by atoms with Crippen LogP contribution in [0.3, 0.4) is 0 Å². The highest BCUT2D eigenvalue weighted by Gasteiger charge is 2.07. The average molecular weight is 211 g/mol. The Balaban J connectivity index is 2.19. The van der Waals surface area contributed by atoms with E-state index in [1.807, 2.05) is 30.3 Å². The molecule has 0 aliphatic rings. The molecule has 0 fully saturated rings. The molecule has 2 N–H and O–H groups in total. The third kappa shape index (κ3) is 1.40. The van der Waals surface area contributed by atoms with Gasteiger partial charge in [-0.15, -0.1) is 0 Å². The Bertz CT molecular complexity index is 612. The quantitative estimate of drug-likeness (QED) is 0.628. The van der Waals surface area contributed by atoms with Gasteiger partial charge in [-0.25, -0.2) is 4.98 Å². The second-order valence-corrected chi connectivity index (χ2v) is 3.49. The fraction of sp³-hybridized carbons (Fsp3) is 0. The van der Waals surface area contributed by atoms with Gasteiger partial charge in [0.1, 0.15) is 5.52 Å². The molecule has 0 radical (unpaired) electrons. The summed E-state index contributed by atoms with van der Waals surface area (Å²) >= 11 is 0. The molecule has 78 valence electrons. The summed E-state index contributed by atoms with van der Waals surface area (Å²) in [7, 11) is 0. The lowest BCUT2D eigenvalue weighted by molar-refractivity contribution is 0.618. The number of aromatic nitrogens is 2. The summed E-state index contributed by atoms with van der Waals surface area (Å²) in [5.74, 6) is 0.565. The fourth-order valence-electron chi connectivity index (χ4n) is 1.58. The third-order valence-corrected chi connectivity index (χ3v) is 2.32. The van der Waals surface area contributed by atoms with Crippen LogP contribution in [0.15, 0.2) is 47.1 Å². The van der Waals surface area contributed by atoms with Gasteiger partial charge in [-0.05, 0) is 24.3 Å². The van der Waals surface area contributed by atoms with Crippen LogP contribution in [-0.4, -0.2) is 9.97 Å². The van der Waals surface area contributed by atoms with E-state index in [1.54, 1.807) is 12.4 Å². The Hall–Kier alpha value is -2.36. The number of rotatable bonds is 1. The minimum Gasteiger partial charge on any atom is -0.434 e. The van der Waals surface area contributed by atoms with Gasteiger partial charge < -0.3 is 10.2 Å². The smallest absolute Gasteiger partial charge is 0.227 e. The van der Waals surface area contributed by atoms with E-state index in [0.29, 0.717) is 17.2 Å². The van der Waals surface area contributed by atoms with E-state index in [1.165, 1.54) is 0 Å². The Morgan fingerprint density at radius 3 is 2.94 bits per heavy atom. The van der Waals surface area contributed by atoms with Gasteiger partial charge in [-0.2, -0.15) is 0 Å². The van der Waals surface area contributed by atoms with E-state index in [0.717, 1.165) is 11.1 Å². The van der Waals surface area contributed by atoms with Crippen LogP contribution in [0, 0.1) is 0 Å². The van der Waals surface area contributed by atoms with Crippen LogP contribution < -0.4 is 5.73 Å². The van der Waals surface area contributed by atoms with Crippen molar-refractivity contribution in [3.8, 4) is 11.5 Å². The van der Waals surface area contributed by atoms with Crippen molar-refractivity contribution in [2.45, 2.75) is 0 Å². The van der Waals surface area contributed by atoms with E-state index in [9.17, 15) is 0 Å². The van der Waals surface area contributed by atoms with Crippen molar-refractivity contribution in [1.29, 1.82) is 0 Å². The first-order chi connectivity index (χ1) is 7.83. The zero-order valence-electron chi connectivity index (χ0n) is 8.42. The zero-order valence-corrected chi connectivity index (χ0v) is 8.42. The highest BCUT2D eigenvalue weighted by molar-refractivity contribution is 5.75. The summed E-state index contributed by atoms with van der Waals surface area (Å²) in [4.78, 5) is 8.34. The van der Waals surface area contributed by atoms with E-state index in [2.05, 4.69) is 9.97 Å². The van der Waals surface area contributed by atoms with Gasteiger partial charge in [0.05, 0.1) is 6.20 Å². The highest BCUT2D eigenvalue weighted by atomic mass is 16.3. The molecule has 0 amide bonds. The normalized spacial score (nSPS) is 10.8. The highest BCUT2D eigenvalue weighted by Crippen LogP contribution is 2.24. The van der Waals surface area contributed by atoms with Crippen LogP contribution in [0.2, 0.25) is 0 Å². The van der Waals surface area contributed by atoms with Gasteiger partial charge in [0.25, 0.3) is 0 Å². The van der Waals surface area contributed by atoms with Crippen LogP contribution in [0.25, 0.3) is 22.6 Å². The minimum absolute atomic E-state index is 0.565. The lowest BCUT2D eigenvalue weighted by Gasteiger charge is -1.95. The van der Waals surface area contributed by atoms with Crippen LogP contribution in [-0.2, 0) is 0 Å². The number of nitrogen functional groups attached to an aromatic ring is 1. The summed E-state index contributed by atoms with van der Waals surface area (Å²) in [5, 5.41) is 0. The Kier molecular flexibility index (Phi) is 1.86. The first kappa shape index (κ1) is 8.91. The summed E-state index contributed by atoms with van der Waals surface area (Å²) in [6.45, 7) is 0. The monoisotopic (exact) mass is 211 g/mol. The van der Waals surface area contributed by atoms with Crippen LogP contribution in [0.4, 0.5) is 5.69 Å². The second-order valence-electron chi connectivity index (χ2n) is 3.49. The maximum atomic E-state index is 5.71. The molecule has 2 aromatic heterocycles. The summed E-state index contributed by atoms with van der Waals surface area (Å²) in [6.07, 6.45) is 3.34. The topological polar surface area (TPSA) is 64.9 Å². The predicted octanol–water partition coefficient (Wildman–Crippen LogP) is 2.47. The summed E-state index contributed by atoms with van der Waals surface area (Å²) < 4.78 is 5.58. The van der Waals surface area contributed by atoms with Crippen molar-refractivity contribution in [3.05, 3.63) is 42.7 Å². The number of nitrogens with zero attached hydrogens (tertiary/aromatic N) is 2. The molecule has 0 aliphatic heterocycles. The molecule has 4 nitrogen and oxygen atoms in total. The van der Waals surface area contributed by atoms with E-state index in [-0.39, 0.29) is 0 Å². The number of anilines is 1. The largest absolute Gasteiger partial charge is 0.434 e. The van der Waals surface area contributed by atoms with E-state index in [4.69, 9.17) is 10.2 Å². The molecule has 0 unspecified atom stereocenters. The van der Waals surface area contributed by atoms with Crippen LogP contribution >= 0.6 is 0 Å². The van der Waals surface area contributed by atoms with Gasteiger partial charge in [-0.1, -0.05) is 6.07 Å². The molecular weight excluding hydrogens is 202 g/mol. The molecule has 16 heavy (non-hydrogen) atoms. The average Bonchev–Trinajstić information content (AvgIpc) is 2.72. The van der Waals surface area contributed by atoms with Crippen molar-refractivity contribution < 1.29 is 4.42 Å². The van der Waals surface area contributed by atoms with Gasteiger partial charge in [0, 0.05) is 17.4 Å². The first-order valence-electron chi connectivity index (χ1n) is 4.89. The van der Waals surface area contributed by atoms with Crippen LogP contribution in [0.1, 0.15) is 0 Å². The number of pyridine rings is 1. The van der Waals surface area contributed by atoms with Crippen molar-refractivity contribution in [2.24, 2.45) is 0 Å². The van der Waals surface area contributed by atoms with E-state index < -0.39 is 0 Å². The second kappa shape index (κ2) is 3.34. The van der Waals surface area contributed by atoms with Gasteiger partial charge in [0.2, 0.25) is 5.89 Å².